The van der Waals surface area contributed by atoms with Crippen molar-refractivity contribution in [3.8, 4) is 0 Å². The fraction of sp³-hybridized carbons (Fsp3) is 0.667. The lowest BCUT2D eigenvalue weighted by molar-refractivity contribution is -0.160. The Kier molecular flexibility index (Phi) is 7.54. The highest BCUT2D eigenvalue weighted by Gasteiger charge is 2.52. The Labute approximate surface area is 191 Å². The zero-order chi connectivity index (χ0) is 24.6. The van der Waals surface area contributed by atoms with E-state index in [0.717, 1.165) is 27.7 Å². The van der Waals surface area contributed by atoms with Crippen LogP contribution in [-0.2, 0) is 41.4 Å². The maximum atomic E-state index is 12.0. The van der Waals surface area contributed by atoms with Crippen molar-refractivity contribution in [1.29, 1.82) is 0 Å². The van der Waals surface area contributed by atoms with Gasteiger partial charge in [0.15, 0.2) is 0 Å². The molecule has 0 aromatic heterocycles. The number of aliphatic carboxylic acids is 1. The van der Waals surface area contributed by atoms with Gasteiger partial charge in [0.1, 0.15) is 12.2 Å². The summed E-state index contributed by atoms with van der Waals surface area (Å²) < 4.78 is 23.5. The molecule has 0 amide bonds. The lowest BCUT2D eigenvalue weighted by Crippen LogP contribution is -2.41. The van der Waals surface area contributed by atoms with E-state index < -0.39 is 35.9 Å². The number of rotatable bonds is 7. The lowest BCUT2D eigenvalue weighted by Gasteiger charge is -2.32. The number of hydrogen-bond donors (Lipinski definition) is 1. The minimum Gasteiger partial charge on any atom is -0.481 e. The summed E-state index contributed by atoms with van der Waals surface area (Å²) in [6, 6.07) is 0. The summed E-state index contributed by atoms with van der Waals surface area (Å²) in [6.45, 7) is 19.0. The molecule has 178 valence electrons. The Bertz CT molecular complexity index is 881. The summed E-state index contributed by atoms with van der Waals surface area (Å²) in [5, 5.41) is 9.50. The molecule has 8 heteroatoms. The van der Waals surface area contributed by atoms with Crippen molar-refractivity contribution >= 4 is 24.5 Å². The van der Waals surface area contributed by atoms with E-state index in [9.17, 15) is 14.7 Å². The van der Waals surface area contributed by atoms with Crippen molar-refractivity contribution in [3.05, 3.63) is 27.8 Å². The number of carbonyl (C=O) groups excluding carboxylic acids is 1. The molecular formula is C24H37BO7. The minimum absolute atomic E-state index is 0.122. The summed E-state index contributed by atoms with van der Waals surface area (Å²) in [5.74, 6) is -1.36. The highest BCUT2D eigenvalue weighted by atomic mass is 16.7. The Morgan fingerprint density at radius 3 is 1.91 bits per heavy atom. The van der Waals surface area contributed by atoms with E-state index in [1.54, 1.807) is 20.8 Å². The number of ether oxygens (including phenoxy) is 2. The van der Waals surface area contributed by atoms with Crippen LogP contribution < -0.4 is 5.46 Å². The summed E-state index contributed by atoms with van der Waals surface area (Å²) >= 11 is 0. The largest absolute Gasteiger partial charge is 0.495 e. The quantitative estimate of drug-likeness (QED) is 0.505. The molecule has 1 aliphatic rings. The van der Waals surface area contributed by atoms with Crippen molar-refractivity contribution in [2.75, 3.05) is 6.61 Å². The van der Waals surface area contributed by atoms with E-state index in [-0.39, 0.29) is 19.6 Å². The van der Waals surface area contributed by atoms with Crippen molar-refractivity contribution in [3.63, 3.8) is 0 Å². The number of benzene rings is 1. The Morgan fingerprint density at radius 2 is 1.44 bits per heavy atom. The Morgan fingerprint density at radius 1 is 0.938 bits per heavy atom. The first-order valence-corrected chi connectivity index (χ1v) is 10.9. The number of hydrogen-bond acceptors (Lipinski definition) is 6. The van der Waals surface area contributed by atoms with Gasteiger partial charge in [0.2, 0.25) is 0 Å². The Hall–Kier alpha value is -1.90. The molecule has 1 fully saturated rings. The summed E-state index contributed by atoms with van der Waals surface area (Å²) in [7, 11) is -0.627. The first-order valence-electron chi connectivity index (χ1n) is 10.9. The molecule has 1 aromatic rings. The van der Waals surface area contributed by atoms with Crippen LogP contribution >= 0.6 is 0 Å². The van der Waals surface area contributed by atoms with Gasteiger partial charge in [-0.2, -0.15) is 0 Å². The van der Waals surface area contributed by atoms with E-state index in [2.05, 4.69) is 0 Å². The molecule has 0 aliphatic carbocycles. The molecule has 0 spiro atoms. The molecule has 1 saturated heterocycles. The van der Waals surface area contributed by atoms with Crippen LogP contribution in [0.5, 0.6) is 0 Å². The highest BCUT2D eigenvalue weighted by molar-refractivity contribution is 6.63. The topological polar surface area (TPSA) is 91.3 Å². The highest BCUT2D eigenvalue weighted by Crippen LogP contribution is 2.37. The molecule has 2 rings (SSSR count). The minimum atomic E-state index is -0.916. The molecular weight excluding hydrogens is 411 g/mol. The van der Waals surface area contributed by atoms with Crippen LogP contribution in [0, 0.1) is 20.8 Å². The summed E-state index contributed by atoms with van der Waals surface area (Å²) in [5.41, 5.74) is 3.32. The van der Waals surface area contributed by atoms with Crippen LogP contribution in [0.2, 0.25) is 0 Å². The summed E-state index contributed by atoms with van der Waals surface area (Å²) in [6.07, 6.45) is -0.122. The molecule has 1 N–H and O–H groups in total. The van der Waals surface area contributed by atoms with Gasteiger partial charge in [-0.05, 0) is 103 Å². The maximum absolute atomic E-state index is 12.0. The van der Waals surface area contributed by atoms with Gasteiger partial charge < -0.3 is 23.9 Å². The molecule has 32 heavy (non-hydrogen) atoms. The predicted molar refractivity (Wildman–Crippen MR) is 123 cm³/mol. The average molecular weight is 448 g/mol. The van der Waals surface area contributed by atoms with Crippen LogP contribution in [-0.4, -0.2) is 47.6 Å². The van der Waals surface area contributed by atoms with Crippen LogP contribution in [0.15, 0.2) is 0 Å². The third kappa shape index (κ3) is 5.72. The zero-order valence-electron chi connectivity index (χ0n) is 21.1. The summed E-state index contributed by atoms with van der Waals surface area (Å²) in [4.78, 5) is 23.6. The average Bonchev–Trinajstić information content (AvgIpc) is 2.80. The number of carboxylic acid groups (broad SMARTS) is 1. The zero-order valence-corrected chi connectivity index (χ0v) is 21.1. The number of carboxylic acids is 1. The lowest BCUT2D eigenvalue weighted by atomic mass is 9.69. The van der Waals surface area contributed by atoms with Gasteiger partial charge in [-0.15, -0.1) is 0 Å². The van der Waals surface area contributed by atoms with Gasteiger partial charge in [0, 0.05) is 0 Å². The molecule has 1 aliphatic heterocycles. The van der Waals surface area contributed by atoms with E-state index >= 15 is 0 Å². The van der Waals surface area contributed by atoms with Gasteiger partial charge in [-0.1, -0.05) is 0 Å². The molecule has 0 bridgehead atoms. The van der Waals surface area contributed by atoms with Gasteiger partial charge >= 0.3 is 19.1 Å². The van der Waals surface area contributed by atoms with Crippen molar-refractivity contribution in [2.45, 2.75) is 99.1 Å². The fourth-order valence-electron chi connectivity index (χ4n) is 3.91. The molecule has 7 nitrogen and oxygen atoms in total. The molecule has 0 saturated carbocycles. The van der Waals surface area contributed by atoms with E-state index in [1.807, 2.05) is 48.5 Å². The van der Waals surface area contributed by atoms with Gasteiger partial charge in [0.05, 0.1) is 24.2 Å². The molecule has 1 aromatic carbocycles. The first-order chi connectivity index (χ1) is 14.5. The second-order valence-corrected chi connectivity index (χ2v) is 10.5. The SMILES string of the molecule is Cc1c(COCC(=O)OC(C)(C)C)c(C)c(B2OC(C)(C)C(C)(C)O2)c(C)c1CC(=O)O. The molecule has 0 atom stereocenters. The van der Waals surface area contributed by atoms with Crippen molar-refractivity contribution < 1.29 is 33.5 Å². The van der Waals surface area contributed by atoms with Crippen LogP contribution in [0.3, 0.4) is 0 Å². The van der Waals surface area contributed by atoms with Crippen LogP contribution in [0.25, 0.3) is 0 Å². The molecule has 1 heterocycles. The first kappa shape index (κ1) is 26.4. The number of carbonyl (C=O) groups is 2. The predicted octanol–water partition coefficient (Wildman–Crippen LogP) is 3.40. The second kappa shape index (κ2) is 9.16. The Balaban J connectivity index is 2.43. The maximum Gasteiger partial charge on any atom is 0.495 e. The van der Waals surface area contributed by atoms with E-state index in [1.165, 1.54) is 0 Å². The van der Waals surface area contributed by atoms with Crippen LogP contribution in [0.1, 0.15) is 76.3 Å². The normalized spacial score (nSPS) is 17.5. The van der Waals surface area contributed by atoms with Crippen LogP contribution in [0.4, 0.5) is 0 Å². The van der Waals surface area contributed by atoms with E-state index in [4.69, 9.17) is 18.8 Å². The van der Waals surface area contributed by atoms with Gasteiger partial charge in [-0.3, -0.25) is 4.79 Å². The monoisotopic (exact) mass is 448 g/mol. The van der Waals surface area contributed by atoms with Crippen molar-refractivity contribution in [2.24, 2.45) is 0 Å². The van der Waals surface area contributed by atoms with Gasteiger partial charge in [-0.25, -0.2) is 4.79 Å². The molecule has 0 radical (unpaired) electrons. The second-order valence-electron chi connectivity index (χ2n) is 10.5. The standard InChI is InChI=1S/C24H37BO7/c1-14-17(11-19(26)27)15(2)21(25-31-23(7,8)24(9,10)32-25)16(3)18(14)12-29-13-20(28)30-22(4,5)6/h11-13H2,1-10H3,(H,26,27). The van der Waals surface area contributed by atoms with E-state index in [0.29, 0.717) is 5.56 Å². The fourth-order valence-corrected chi connectivity index (χ4v) is 3.91. The van der Waals surface area contributed by atoms with Crippen molar-refractivity contribution in [1.82, 2.24) is 0 Å². The molecule has 0 unspecified atom stereocenters. The third-order valence-electron chi connectivity index (χ3n) is 6.32. The number of esters is 1. The third-order valence-corrected chi connectivity index (χ3v) is 6.32. The van der Waals surface area contributed by atoms with Gasteiger partial charge in [0.25, 0.3) is 0 Å². The smallest absolute Gasteiger partial charge is 0.481 e.